The minimum Gasteiger partial charge on any atom is -0.376 e. The number of hydrogen-bond donors (Lipinski definition) is 1. The van der Waals surface area contributed by atoms with Gasteiger partial charge in [-0.05, 0) is 24.2 Å². The van der Waals surface area contributed by atoms with Crippen LogP contribution in [0.2, 0.25) is 0 Å². The third kappa shape index (κ3) is 2.94. The first-order chi connectivity index (χ1) is 9.70. The van der Waals surface area contributed by atoms with Crippen molar-refractivity contribution in [2.75, 3.05) is 11.9 Å². The highest BCUT2D eigenvalue weighted by Gasteiger charge is 2.17. The fourth-order valence-corrected chi connectivity index (χ4v) is 2.71. The molecular weight excluding hydrogens is 282 g/mol. The van der Waals surface area contributed by atoms with Crippen molar-refractivity contribution in [2.24, 2.45) is 0 Å². The Kier molecular flexibility index (Phi) is 3.61. The fourth-order valence-electron chi connectivity index (χ4n) is 2.06. The smallest absolute Gasteiger partial charge is 0.345 e. The zero-order valence-corrected chi connectivity index (χ0v) is 11.4. The summed E-state index contributed by atoms with van der Waals surface area (Å²) in [5.74, 6) is 0. The van der Waals surface area contributed by atoms with E-state index in [0.29, 0.717) is 5.13 Å². The topological polar surface area (TPSA) is 95.1 Å². The molecular formula is C11H13N5O3S. The van der Waals surface area contributed by atoms with Gasteiger partial charge in [0, 0.05) is 12.8 Å². The minimum atomic E-state index is -0.455. The summed E-state index contributed by atoms with van der Waals surface area (Å²) in [4.78, 5) is 14.1. The summed E-state index contributed by atoms with van der Waals surface area (Å²) in [5.41, 5.74) is 0.757. The summed E-state index contributed by atoms with van der Waals surface area (Å²) in [6.07, 6.45) is 7.13. The van der Waals surface area contributed by atoms with E-state index in [4.69, 9.17) is 4.74 Å². The lowest BCUT2D eigenvalue weighted by Gasteiger charge is -2.08. The van der Waals surface area contributed by atoms with Crippen molar-refractivity contribution in [1.82, 2.24) is 14.8 Å². The Hall–Kier alpha value is -2.00. The molecule has 1 fully saturated rings. The predicted molar refractivity (Wildman–Crippen MR) is 73.3 cm³/mol. The maximum atomic E-state index is 10.6. The molecule has 2 aromatic rings. The van der Waals surface area contributed by atoms with Crippen molar-refractivity contribution in [1.29, 1.82) is 0 Å². The standard InChI is InChI=1S/C11H13N5O3S/c17-16(18)10-5-12-11(20-10)14-8-4-13-15(6-8)7-9-2-1-3-19-9/h4-6,9H,1-3,7H2,(H,12,14)/t9-/m1/s1. The van der Waals surface area contributed by atoms with Crippen molar-refractivity contribution in [3.63, 3.8) is 0 Å². The van der Waals surface area contributed by atoms with Crippen molar-refractivity contribution in [3.05, 3.63) is 28.7 Å². The lowest BCUT2D eigenvalue weighted by atomic mass is 10.2. The second-order valence-electron chi connectivity index (χ2n) is 4.47. The van der Waals surface area contributed by atoms with Crippen LogP contribution in [0.1, 0.15) is 12.8 Å². The van der Waals surface area contributed by atoms with Gasteiger partial charge in [-0.3, -0.25) is 14.8 Å². The lowest BCUT2D eigenvalue weighted by Crippen LogP contribution is -2.15. The zero-order chi connectivity index (χ0) is 13.9. The number of rotatable bonds is 5. The van der Waals surface area contributed by atoms with Gasteiger partial charge in [0.05, 0.1) is 29.5 Å². The van der Waals surface area contributed by atoms with Gasteiger partial charge in [-0.2, -0.15) is 5.10 Å². The van der Waals surface area contributed by atoms with Gasteiger partial charge in [-0.1, -0.05) is 0 Å². The molecule has 1 atom stereocenters. The molecule has 0 bridgehead atoms. The molecule has 9 heteroatoms. The second-order valence-corrected chi connectivity index (χ2v) is 5.48. The normalized spacial score (nSPS) is 18.3. The molecule has 0 unspecified atom stereocenters. The number of nitro groups is 1. The molecule has 0 saturated carbocycles. The molecule has 106 valence electrons. The lowest BCUT2D eigenvalue weighted by molar-refractivity contribution is -0.380. The molecule has 0 aliphatic carbocycles. The number of thiazole rings is 1. The average Bonchev–Trinajstić information content (AvgIpc) is 3.12. The highest BCUT2D eigenvalue weighted by Crippen LogP contribution is 2.27. The first kappa shape index (κ1) is 13.0. The fraction of sp³-hybridized carbons (Fsp3) is 0.455. The Morgan fingerprint density at radius 2 is 2.50 bits per heavy atom. The summed E-state index contributed by atoms with van der Waals surface area (Å²) in [6, 6.07) is 0. The number of aromatic nitrogens is 3. The highest BCUT2D eigenvalue weighted by atomic mass is 32.1. The third-order valence-electron chi connectivity index (χ3n) is 2.97. The van der Waals surface area contributed by atoms with Crippen molar-refractivity contribution < 1.29 is 9.66 Å². The summed E-state index contributed by atoms with van der Waals surface area (Å²) in [6.45, 7) is 1.54. The van der Waals surface area contributed by atoms with E-state index >= 15 is 0 Å². The Balaban J connectivity index is 1.62. The van der Waals surface area contributed by atoms with Crippen LogP contribution in [-0.2, 0) is 11.3 Å². The summed E-state index contributed by atoms with van der Waals surface area (Å²) in [7, 11) is 0. The number of hydrogen-bond acceptors (Lipinski definition) is 7. The SMILES string of the molecule is O=[N+]([O-])c1cnc(Nc2cnn(C[C@H]3CCCO3)c2)s1. The molecule has 1 N–H and O–H groups in total. The molecule has 20 heavy (non-hydrogen) atoms. The molecule has 8 nitrogen and oxygen atoms in total. The van der Waals surface area contributed by atoms with Crippen LogP contribution in [0.25, 0.3) is 0 Å². The Morgan fingerprint density at radius 3 is 3.20 bits per heavy atom. The molecule has 0 radical (unpaired) electrons. The maximum Gasteiger partial charge on any atom is 0.345 e. The average molecular weight is 295 g/mol. The summed E-state index contributed by atoms with van der Waals surface area (Å²) in [5, 5.41) is 18.3. The Labute approximate surface area is 118 Å². The van der Waals surface area contributed by atoms with Gasteiger partial charge in [-0.25, -0.2) is 4.98 Å². The molecule has 1 aliphatic rings. The minimum absolute atomic E-state index is 0.0132. The maximum absolute atomic E-state index is 10.6. The van der Waals surface area contributed by atoms with E-state index in [9.17, 15) is 10.1 Å². The van der Waals surface area contributed by atoms with Gasteiger partial charge in [0.2, 0.25) is 0 Å². The van der Waals surface area contributed by atoms with Crippen LogP contribution < -0.4 is 5.32 Å². The van der Waals surface area contributed by atoms with E-state index < -0.39 is 4.92 Å². The summed E-state index contributed by atoms with van der Waals surface area (Å²) < 4.78 is 7.35. The van der Waals surface area contributed by atoms with E-state index in [-0.39, 0.29) is 11.1 Å². The Bertz CT molecular complexity index is 605. The van der Waals surface area contributed by atoms with Gasteiger partial charge in [0.25, 0.3) is 0 Å². The highest BCUT2D eigenvalue weighted by molar-refractivity contribution is 7.18. The molecule has 1 saturated heterocycles. The van der Waals surface area contributed by atoms with Crippen molar-refractivity contribution >= 4 is 27.2 Å². The van der Waals surface area contributed by atoms with Gasteiger partial charge >= 0.3 is 5.00 Å². The largest absolute Gasteiger partial charge is 0.376 e. The predicted octanol–water partition coefficient (Wildman–Crippen LogP) is 2.17. The van der Waals surface area contributed by atoms with Crippen LogP contribution in [0.5, 0.6) is 0 Å². The van der Waals surface area contributed by atoms with Gasteiger partial charge in [0.1, 0.15) is 6.20 Å². The third-order valence-corrected chi connectivity index (χ3v) is 3.84. The zero-order valence-electron chi connectivity index (χ0n) is 10.6. The number of anilines is 2. The van der Waals surface area contributed by atoms with E-state index in [1.54, 1.807) is 10.9 Å². The van der Waals surface area contributed by atoms with Crippen LogP contribution in [0.3, 0.4) is 0 Å². The van der Waals surface area contributed by atoms with Crippen molar-refractivity contribution in [3.8, 4) is 0 Å². The Morgan fingerprint density at radius 1 is 1.60 bits per heavy atom. The molecule has 0 amide bonds. The van der Waals surface area contributed by atoms with Crippen LogP contribution in [0, 0.1) is 10.1 Å². The molecule has 3 rings (SSSR count). The quantitative estimate of drug-likeness (QED) is 0.671. The second kappa shape index (κ2) is 5.55. The molecule has 3 heterocycles. The molecule has 2 aromatic heterocycles. The number of nitrogens with one attached hydrogen (secondary N) is 1. The molecule has 0 aromatic carbocycles. The number of nitrogens with zero attached hydrogens (tertiary/aromatic N) is 4. The van der Waals surface area contributed by atoms with Gasteiger partial charge in [-0.15, -0.1) is 0 Å². The van der Waals surface area contributed by atoms with Crippen LogP contribution in [0.15, 0.2) is 18.6 Å². The van der Waals surface area contributed by atoms with E-state index in [2.05, 4.69) is 15.4 Å². The first-order valence-corrected chi connectivity index (χ1v) is 7.03. The van der Waals surface area contributed by atoms with Crippen LogP contribution in [0.4, 0.5) is 15.8 Å². The molecule has 1 aliphatic heterocycles. The monoisotopic (exact) mass is 295 g/mol. The number of ether oxygens (including phenoxy) is 1. The van der Waals surface area contributed by atoms with E-state index in [1.165, 1.54) is 6.20 Å². The van der Waals surface area contributed by atoms with Gasteiger partial charge < -0.3 is 10.1 Å². The molecule has 0 spiro atoms. The van der Waals surface area contributed by atoms with E-state index in [0.717, 1.165) is 43.0 Å². The van der Waals surface area contributed by atoms with Crippen molar-refractivity contribution in [2.45, 2.75) is 25.5 Å². The van der Waals surface area contributed by atoms with Gasteiger partial charge in [0.15, 0.2) is 5.13 Å². The van der Waals surface area contributed by atoms with E-state index in [1.807, 2.05) is 6.20 Å². The van der Waals surface area contributed by atoms with Crippen LogP contribution in [-0.4, -0.2) is 32.4 Å². The summed E-state index contributed by atoms with van der Waals surface area (Å²) >= 11 is 0.995. The first-order valence-electron chi connectivity index (χ1n) is 6.22. The van der Waals surface area contributed by atoms with Crippen LogP contribution >= 0.6 is 11.3 Å².